The first-order chi connectivity index (χ1) is 11.0. The standard InChI is InChI=1S/C16H22N2O5/c1-4-7-17-10-13(18(20)21)12(9-16(17)19)11-5-6-14(22-2)15(8-11)23-3/h5-6,8,12-13H,4,7,9-10H2,1-3H3/t12-,13+/m0/s1. The molecule has 0 bridgehead atoms. The first-order valence-electron chi connectivity index (χ1n) is 7.65. The van der Waals surface area contributed by atoms with Crippen molar-refractivity contribution >= 4 is 5.91 Å². The summed E-state index contributed by atoms with van der Waals surface area (Å²) in [7, 11) is 3.05. The number of hydrogen-bond donors (Lipinski definition) is 0. The lowest BCUT2D eigenvalue weighted by Gasteiger charge is -2.33. The zero-order valence-electron chi connectivity index (χ0n) is 13.7. The van der Waals surface area contributed by atoms with Gasteiger partial charge in [0.1, 0.15) is 0 Å². The first kappa shape index (κ1) is 17.1. The van der Waals surface area contributed by atoms with Crippen molar-refractivity contribution in [1.29, 1.82) is 0 Å². The lowest BCUT2D eigenvalue weighted by molar-refractivity contribution is -0.528. The minimum atomic E-state index is -0.808. The number of nitrogens with zero attached hydrogens (tertiary/aromatic N) is 2. The van der Waals surface area contributed by atoms with Gasteiger partial charge < -0.3 is 14.4 Å². The third-order valence-corrected chi connectivity index (χ3v) is 4.22. The number of carbonyl (C=O) groups is 1. The van der Waals surface area contributed by atoms with E-state index in [1.54, 1.807) is 23.1 Å². The maximum absolute atomic E-state index is 12.3. The quantitative estimate of drug-likeness (QED) is 0.591. The van der Waals surface area contributed by atoms with Crippen molar-refractivity contribution in [3.05, 3.63) is 33.9 Å². The van der Waals surface area contributed by atoms with Crippen LogP contribution in [0.1, 0.15) is 31.2 Å². The third kappa shape index (κ3) is 3.55. The number of amides is 1. The van der Waals surface area contributed by atoms with Crippen molar-refractivity contribution in [3.63, 3.8) is 0 Å². The van der Waals surface area contributed by atoms with Crippen molar-refractivity contribution in [1.82, 2.24) is 4.90 Å². The van der Waals surface area contributed by atoms with Crippen LogP contribution >= 0.6 is 0 Å². The number of hydrogen-bond acceptors (Lipinski definition) is 5. The van der Waals surface area contributed by atoms with Gasteiger partial charge in [-0.05, 0) is 24.1 Å². The smallest absolute Gasteiger partial charge is 0.237 e. The molecule has 1 aliphatic rings. The van der Waals surface area contributed by atoms with E-state index in [0.717, 1.165) is 12.0 Å². The molecule has 0 spiro atoms. The first-order valence-corrected chi connectivity index (χ1v) is 7.65. The Morgan fingerprint density at radius 2 is 2.00 bits per heavy atom. The minimum Gasteiger partial charge on any atom is -0.493 e. The molecule has 1 aromatic rings. The van der Waals surface area contributed by atoms with E-state index in [9.17, 15) is 14.9 Å². The Kier molecular flexibility index (Phi) is 5.41. The number of benzene rings is 1. The molecule has 0 aliphatic carbocycles. The van der Waals surface area contributed by atoms with E-state index in [1.807, 2.05) is 6.92 Å². The van der Waals surface area contributed by atoms with Crippen LogP contribution in [0.5, 0.6) is 11.5 Å². The van der Waals surface area contributed by atoms with Gasteiger partial charge in [0.25, 0.3) is 0 Å². The van der Waals surface area contributed by atoms with Gasteiger partial charge in [-0.2, -0.15) is 0 Å². The monoisotopic (exact) mass is 322 g/mol. The number of rotatable bonds is 6. The van der Waals surface area contributed by atoms with Crippen LogP contribution in [0.3, 0.4) is 0 Å². The fourth-order valence-corrected chi connectivity index (χ4v) is 3.03. The molecule has 0 saturated carbocycles. The van der Waals surface area contributed by atoms with E-state index in [0.29, 0.717) is 18.0 Å². The molecule has 0 unspecified atom stereocenters. The van der Waals surface area contributed by atoms with Crippen LogP contribution in [-0.2, 0) is 4.79 Å². The summed E-state index contributed by atoms with van der Waals surface area (Å²) in [5.41, 5.74) is 0.730. The second-order valence-electron chi connectivity index (χ2n) is 5.62. The maximum atomic E-state index is 12.3. The highest BCUT2D eigenvalue weighted by Crippen LogP contribution is 2.36. The van der Waals surface area contributed by atoms with Crippen LogP contribution in [0.4, 0.5) is 0 Å². The summed E-state index contributed by atoms with van der Waals surface area (Å²) < 4.78 is 10.4. The van der Waals surface area contributed by atoms with Gasteiger partial charge in [-0.1, -0.05) is 13.0 Å². The molecule has 0 N–H and O–H groups in total. The number of methoxy groups -OCH3 is 2. The zero-order chi connectivity index (χ0) is 17.0. The maximum Gasteiger partial charge on any atom is 0.237 e. The molecule has 7 heteroatoms. The van der Waals surface area contributed by atoms with Crippen molar-refractivity contribution in [2.24, 2.45) is 0 Å². The number of likely N-dealkylation sites (tertiary alicyclic amines) is 1. The van der Waals surface area contributed by atoms with Crippen LogP contribution in [0.25, 0.3) is 0 Å². The van der Waals surface area contributed by atoms with E-state index in [4.69, 9.17) is 9.47 Å². The average molecular weight is 322 g/mol. The molecule has 1 saturated heterocycles. The summed E-state index contributed by atoms with van der Waals surface area (Å²) >= 11 is 0. The average Bonchev–Trinajstić information content (AvgIpc) is 2.55. The van der Waals surface area contributed by atoms with Gasteiger partial charge in [0.05, 0.1) is 26.7 Å². The summed E-state index contributed by atoms with van der Waals surface area (Å²) in [6, 6.07) is 4.40. The van der Waals surface area contributed by atoms with Crippen molar-refractivity contribution in [2.45, 2.75) is 31.7 Å². The second-order valence-corrected chi connectivity index (χ2v) is 5.62. The van der Waals surface area contributed by atoms with Gasteiger partial charge in [-0.3, -0.25) is 14.9 Å². The Hall–Kier alpha value is -2.31. The number of ether oxygens (including phenoxy) is 2. The molecule has 126 valence electrons. The van der Waals surface area contributed by atoms with Gasteiger partial charge in [0.2, 0.25) is 11.9 Å². The normalized spacial score (nSPS) is 21.2. The zero-order valence-corrected chi connectivity index (χ0v) is 13.7. The summed E-state index contributed by atoms with van der Waals surface area (Å²) in [6.07, 6.45) is 0.929. The van der Waals surface area contributed by atoms with Crippen LogP contribution < -0.4 is 9.47 Å². The van der Waals surface area contributed by atoms with E-state index in [2.05, 4.69) is 0 Å². The molecule has 1 amide bonds. The largest absolute Gasteiger partial charge is 0.493 e. The number of nitro groups is 1. The van der Waals surface area contributed by atoms with E-state index in [-0.39, 0.29) is 23.8 Å². The van der Waals surface area contributed by atoms with Gasteiger partial charge in [-0.25, -0.2) is 0 Å². The van der Waals surface area contributed by atoms with Crippen LogP contribution in [-0.4, -0.2) is 49.1 Å². The predicted octanol–water partition coefficient (Wildman–Crippen LogP) is 2.08. The summed E-state index contributed by atoms with van der Waals surface area (Å²) in [5.74, 6) is 0.578. The van der Waals surface area contributed by atoms with Crippen LogP contribution in [0.15, 0.2) is 18.2 Å². The highest BCUT2D eigenvalue weighted by Gasteiger charge is 2.42. The Balaban J connectivity index is 2.32. The van der Waals surface area contributed by atoms with Gasteiger partial charge in [0, 0.05) is 17.9 Å². The molecule has 1 aromatic carbocycles. The van der Waals surface area contributed by atoms with E-state index < -0.39 is 12.0 Å². The second kappa shape index (κ2) is 7.30. The van der Waals surface area contributed by atoms with Crippen LogP contribution in [0.2, 0.25) is 0 Å². The summed E-state index contributed by atoms with van der Waals surface area (Å²) in [4.78, 5) is 25.1. The highest BCUT2D eigenvalue weighted by molar-refractivity contribution is 5.78. The Labute approximate surface area is 135 Å². The molecule has 1 aliphatic heterocycles. The molecule has 23 heavy (non-hydrogen) atoms. The molecule has 1 heterocycles. The number of carbonyl (C=O) groups excluding carboxylic acids is 1. The minimum absolute atomic E-state index is 0.0373. The molecule has 0 radical (unpaired) electrons. The Morgan fingerprint density at radius 1 is 1.30 bits per heavy atom. The molecule has 2 rings (SSSR count). The Morgan fingerprint density at radius 3 is 2.57 bits per heavy atom. The number of piperidine rings is 1. The molecular formula is C16H22N2O5. The highest BCUT2D eigenvalue weighted by atomic mass is 16.6. The lowest BCUT2D eigenvalue weighted by Crippen LogP contribution is -2.49. The lowest BCUT2D eigenvalue weighted by atomic mass is 9.85. The van der Waals surface area contributed by atoms with Crippen molar-refractivity contribution in [2.75, 3.05) is 27.3 Å². The van der Waals surface area contributed by atoms with Crippen LogP contribution in [0, 0.1) is 10.1 Å². The molecule has 7 nitrogen and oxygen atoms in total. The van der Waals surface area contributed by atoms with Gasteiger partial charge in [0.15, 0.2) is 11.5 Å². The fraction of sp³-hybridized carbons (Fsp3) is 0.562. The summed E-state index contributed by atoms with van der Waals surface area (Å²) in [5, 5.41) is 11.5. The van der Waals surface area contributed by atoms with Crippen molar-refractivity contribution in [3.8, 4) is 11.5 Å². The predicted molar refractivity (Wildman–Crippen MR) is 84.6 cm³/mol. The third-order valence-electron chi connectivity index (χ3n) is 4.22. The Bertz CT molecular complexity index is 590. The summed E-state index contributed by atoms with van der Waals surface area (Å²) in [6.45, 7) is 2.66. The molecule has 1 fully saturated rings. The van der Waals surface area contributed by atoms with Gasteiger partial charge >= 0.3 is 0 Å². The topological polar surface area (TPSA) is 81.9 Å². The van der Waals surface area contributed by atoms with E-state index >= 15 is 0 Å². The van der Waals surface area contributed by atoms with Crippen molar-refractivity contribution < 1.29 is 19.2 Å². The van der Waals surface area contributed by atoms with Gasteiger partial charge in [-0.15, -0.1) is 0 Å². The fourth-order valence-electron chi connectivity index (χ4n) is 3.03. The molecule has 0 aromatic heterocycles. The molecule has 2 atom stereocenters. The van der Waals surface area contributed by atoms with E-state index in [1.165, 1.54) is 14.2 Å². The molecular weight excluding hydrogens is 300 g/mol. The SMILES string of the molecule is CCCN1C[C@@H]([N+](=O)[O-])[C@H](c2ccc(OC)c(OC)c2)CC1=O.